The van der Waals surface area contributed by atoms with E-state index in [0.29, 0.717) is 5.92 Å². The van der Waals surface area contributed by atoms with Crippen LogP contribution in [0.25, 0.3) is 0 Å². The molecule has 14 heavy (non-hydrogen) atoms. The van der Waals surface area contributed by atoms with E-state index in [4.69, 9.17) is 5.73 Å². The van der Waals surface area contributed by atoms with E-state index in [1.165, 1.54) is 6.07 Å². The first-order valence-corrected chi connectivity index (χ1v) is 4.99. The SMILES string of the molecule is NC1CNCCC1c1cccc(F)c1. The van der Waals surface area contributed by atoms with E-state index >= 15 is 0 Å². The third-order valence-corrected chi connectivity index (χ3v) is 2.81. The molecule has 0 radical (unpaired) electrons. The van der Waals surface area contributed by atoms with Crippen LogP contribution in [0.5, 0.6) is 0 Å². The molecule has 2 rings (SSSR count). The van der Waals surface area contributed by atoms with Crippen LogP contribution in [-0.2, 0) is 0 Å². The first kappa shape index (κ1) is 9.62. The molecule has 0 saturated carbocycles. The Bertz CT molecular complexity index is 314. The summed E-state index contributed by atoms with van der Waals surface area (Å²) >= 11 is 0. The van der Waals surface area contributed by atoms with Crippen LogP contribution in [0.2, 0.25) is 0 Å². The van der Waals surface area contributed by atoms with Gasteiger partial charge >= 0.3 is 0 Å². The standard InChI is InChI=1S/C11H15FN2/c12-9-3-1-2-8(6-9)10-4-5-14-7-11(10)13/h1-3,6,10-11,14H,4-5,7,13H2. The number of nitrogens with two attached hydrogens (primary N) is 1. The summed E-state index contributed by atoms with van der Waals surface area (Å²) in [4.78, 5) is 0. The summed E-state index contributed by atoms with van der Waals surface area (Å²) in [5, 5.41) is 3.23. The Morgan fingerprint density at radius 2 is 2.29 bits per heavy atom. The highest BCUT2D eigenvalue weighted by Gasteiger charge is 2.22. The van der Waals surface area contributed by atoms with Crippen molar-refractivity contribution in [1.29, 1.82) is 0 Å². The molecule has 1 aromatic carbocycles. The van der Waals surface area contributed by atoms with Gasteiger partial charge in [-0.3, -0.25) is 0 Å². The molecule has 1 aliphatic rings. The zero-order valence-corrected chi connectivity index (χ0v) is 8.04. The van der Waals surface area contributed by atoms with Gasteiger partial charge in [0.2, 0.25) is 0 Å². The van der Waals surface area contributed by atoms with Crippen LogP contribution in [0, 0.1) is 5.82 Å². The van der Waals surface area contributed by atoms with E-state index in [9.17, 15) is 4.39 Å². The first-order valence-electron chi connectivity index (χ1n) is 4.99. The lowest BCUT2D eigenvalue weighted by Gasteiger charge is -2.29. The van der Waals surface area contributed by atoms with Crippen molar-refractivity contribution in [2.75, 3.05) is 13.1 Å². The van der Waals surface area contributed by atoms with Crippen molar-refractivity contribution >= 4 is 0 Å². The Hall–Kier alpha value is -0.930. The lowest BCUT2D eigenvalue weighted by Crippen LogP contribution is -2.44. The summed E-state index contributed by atoms with van der Waals surface area (Å²) in [5.74, 6) is 0.125. The van der Waals surface area contributed by atoms with Crippen LogP contribution >= 0.6 is 0 Å². The minimum Gasteiger partial charge on any atom is -0.326 e. The molecule has 2 nitrogen and oxygen atoms in total. The van der Waals surface area contributed by atoms with Crippen LogP contribution in [-0.4, -0.2) is 19.1 Å². The van der Waals surface area contributed by atoms with Crippen molar-refractivity contribution < 1.29 is 4.39 Å². The molecule has 2 unspecified atom stereocenters. The maximum absolute atomic E-state index is 13.0. The number of piperidine rings is 1. The summed E-state index contributed by atoms with van der Waals surface area (Å²) in [5.41, 5.74) is 7.00. The quantitative estimate of drug-likeness (QED) is 0.705. The maximum Gasteiger partial charge on any atom is 0.123 e. The highest BCUT2D eigenvalue weighted by atomic mass is 19.1. The molecule has 1 aliphatic heterocycles. The smallest absolute Gasteiger partial charge is 0.123 e. The monoisotopic (exact) mass is 194 g/mol. The van der Waals surface area contributed by atoms with Crippen molar-refractivity contribution in [2.24, 2.45) is 5.73 Å². The van der Waals surface area contributed by atoms with Gasteiger partial charge in [0.05, 0.1) is 0 Å². The number of hydrogen-bond donors (Lipinski definition) is 2. The van der Waals surface area contributed by atoms with Gasteiger partial charge in [-0.15, -0.1) is 0 Å². The molecule has 0 spiro atoms. The van der Waals surface area contributed by atoms with Crippen molar-refractivity contribution in [1.82, 2.24) is 5.32 Å². The van der Waals surface area contributed by atoms with Crippen LogP contribution in [0.1, 0.15) is 17.9 Å². The molecule has 0 bridgehead atoms. The minimum absolute atomic E-state index is 0.102. The maximum atomic E-state index is 13.0. The third-order valence-electron chi connectivity index (χ3n) is 2.81. The fourth-order valence-corrected chi connectivity index (χ4v) is 2.03. The summed E-state index contributed by atoms with van der Waals surface area (Å²) in [7, 11) is 0. The summed E-state index contributed by atoms with van der Waals surface area (Å²) in [6.45, 7) is 1.79. The minimum atomic E-state index is -0.173. The fourth-order valence-electron chi connectivity index (χ4n) is 2.03. The zero-order valence-electron chi connectivity index (χ0n) is 8.04. The molecule has 0 aliphatic carbocycles. The molecule has 0 aromatic heterocycles. The van der Waals surface area contributed by atoms with E-state index in [1.807, 2.05) is 6.07 Å². The van der Waals surface area contributed by atoms with Gasteiger partial charge in [0.25, 0.3) is 0 Å². The molecule has 0 amide bonds. The summed E-state index contributed by atoms with van der Waals surface area (Å²) < 4.78 is 13.0. The number of nitrogens with one attached hydrogen (secondary N) is 1. The Morgan fingerprint density at radius 1 is 1.43 bits per heavy atom. The number of hydrogen-bond acceptors (Lipinski definition) is 2. The molecular formula is C11H15FN2. The molecule has 76 valence electrons. The van der Waals surface area contributed by atoms with Gasteiger partial charge in [-0.05, 0) is 30.7 Å². The van der Waals surface area contributed by atoms with Crippen LogP contribution in [0.3, 0.4) is 0 Å². The molecule has 3 N–H and O–H groups in total. The number of halogens is 1. The molecule has 1 aromatic rings. The average Bonchev–Trinajstić information content (AvgIpc) is 2.18. The molecule has 1 saturated heterocycles. The number of benzene rings is 1. The zero-order chi connectivity index (χ0) is 9.97. The predicted molar refractivity (Wildman–Crippen MR) is 54.6 cm³/mol. The average molecular weight is 194 g/mol. The van der Waals surface area contributed by atoms with E-state index in [2.05, 4.69) is 5.32 Å². The largest absolute Gasteiger partial charge is 0.326 e. The van der Waals surface area contributed by atoms with Gasteiger partial charge in [0.15, 0.2) is 0 Å². The molecule has 1 fully saturated rings. The predicted octanol–water partition coefficient (Wildman–Crippen LogP) is 1.23. The van der Waals surface area contributed by atoms with Crippen molar-refractivity contribution in [3.63, 3.8) is 0 Å². The van der Waals surface area contributed by atoms with Gasteiger partial charge in [-0.2, -0.15) is 0 Å². The van der Waals surface area contributed by atoms with Gasteiger partial charge in [-0.1, -0.05) is 12.1 Å². The summed E-state index contributed by atoms with van der Waals surface area (Å²) in [6.07, 6.45) is 0.991. The second kappa shape index (κ2) is 4.07. The van der Waals surface area contributed by atoms with Crippen molar-refractivity contribution in [3.05, 3.63) is 35.6 Å². The van der Waals surface area contributed by atoms with Gasteiger partial charge in [-0.25, -0.2) is 4.39 Å². The van der Waals surface area contributed by atoms with Gasteiger partial charge in [0.1, 0.15) is 5.82 Å². The number of rotatable bonds is 1. The van der Waals surface area contributed by atoms with Gasteiger partial charge < -0.3 is 11.1 Å². The molecule has 2 atom stereocenters. The second-order valence-corrected chi connectivity index (χ2v) is 3.82. The summed E-state index contributed by atoms with van der Waals surface area (Å²) in [6, 6.07) is 6.87. The normalized spacial score (nSPS) is 27.6. The highest BCUT2D eigenvalue weighted by molar-refractivity contribution is 5.23. The molecule has 1 heterocycles. The van der Waals surface area contributed by atoms with Crippen molar-refractivity contribution in [3.8, 4) is 0 Å². The van der Waals surface area contributed by atoms with Crippen LogP contribution < -0.4 is 11.1 Å². The van der Waals surface area contributed by atoms with Gasteiger partial charge in [0, 0.05) is 18.5 Å². The van der Waals surface area contributed by atoms with Crippen molar-refractivity contribution in [2.45, 2.75) is 18.4 Å². The Morgan fingerprint density at radius 3 is 3.00 bits per heavy atom. The lowest BCUT2D eigenvalue weighted by molar-refractivity contribution is 0.402. The van der Waals surface area contributed by atoms with Crippen LogP contribution in [0.4, 0.5) is 4.39 Å². The Kier molecular flexibility index (Phi) is 2.79. The molecular weight excluding hydrogens is 179 g/mol. The highest BCUT2D eigenvalue weighted by Crippen LogP contribution is 2.24. The van der Waals surface area contributed by atoms with E-state index in [0.717, 1.165) is 25.1 Å². The second-order valence-electron chi connectivity index (χ2n) is 3.82. The lowest BCUT2D eigenvalue weighted by atomic mass is 9.87. The molecule has 3 heteroatoms. The van der Waals surface area contributed by atoms with E-state index in [-0.39, 0.29) is 11.9 Å². The first-order chi connectivity index (χ1) is 6.77. The van der Waals surface area contributed by atoms with E-state index in [1.54, 1.807) is 12.1 Å². The third kappa shape index (κ3) is 1.94. The topological polar surface area (TPSA) is 38.0 Å². The van der Waals surface area contributed by atoms with Crippen LogP contribution in [0.15, 0.2) is 24.3 Å². The Labute approximate surface area is 83.3 Å². The Balaban J connectivity index is 2.20. The fraction of sp³-hybridized carbons (Fsp3) is 0.455. The van der Waals surface area contributed by atoms with E-state index < -0.39 is 0 Å².